The average molecular weight is 412 g/mol. The Labute approximate surface area is 174 Å². The lowest BCUT2D eigenvalue weighted by molar-refractivity contribution is -0.147. The van der Waals surface area contributed by atoms with Gasteiger partial charge in [-0.3, -0.25) is 14.4 Å². The van der Waals surface area contributed by atoms with Crippen molar-refractivity contribution in [3.05, 3.63) is 58.7 Å². The van der Waals surface area contributed by atoms with Crippen molar-refractivity contribution in [1.82, 2.24) is 10.6 Å². The fourth-order valence-corrected chi connectivity index (χ4v) is 2.89. The quantitative estimate of drug-likeness (QED) is 0.676. The topological polar surface area (TPSA) is 103 Å². The molecule has 8 heteroatoms. The average Bonchev–Trinajstić information content (AvgIpc) is 3.20. The third-order valence-electron chi connectivity index (χ3n) is 4.80. The van der Waals surface area contributed by atoms with Crippen molar-refractivity contribution in [2.24, 2.45) is 0 Å². The van der Waals surface area contributed by atoms with Crippen LogP contribution in [0.3, 0.4) is 0 Å². The van der Waals surface area contributed by atoms with Crippen LogP contribution in [0.25, 0.3) is 0 Å². The second-order valence-electron chi connectivity index (χ2n) is 7.04. The van der Waals surface area contributed by atoms with Gasteiger partial charge in [0.25, 0.3) is 11.8 Å². The summed E-state index contributed by atoms with van der Waals surface area (Å²) < 4.78 is 15.3. The van der Waals surface area contributed by atoms with E-state index in [2.05, 4.69) is 10.6 Å². The zero-order chi connectivity index (χ0) is 21.7. The molecular formula is C22H24N2O6. The van der Waals surface area contributed by atoms with Gasteiger partial charge in [-0.15, -0.1) is 0 Å². The molecule has 8 nitrogen and oxygen atoms in total. The normalized spacial score (nSPS) is 12.8. The number of carbonyl (C=O) groups is 3. The van der Waals surface area contributed by atoms with Gasteiger partial charge >= 0.3 is 5.97 Å². The Bertz CT molecular complexity index is 972. The van der Waals surface area contributed by atoms with E-state index < -0.39 is 24.4 Å². The van der Waals surface area contributed by atoms with Crippen LogP contribution in [0.5, 0.6) is 11.5 Å². The van der Waals surface area contributed by atoms with Gasteiger partial charge in [-0.25, -0.2) is 0 Å². The van der Waals surface area contributed by atoms with Crippen molar-refractivity contribution >= 4 is 17.8 Å². The molecule has 2 aromatic rings. The predicted octanol–water partition coefficient (Wildman–Crippen LogP) is 2.18. The van der Waals surface area contributed by atoms with Crippen LogP contribution >= 0.6 is 0 Å². The SMILES string of the molecule is Cc1ccc(C(C)NC(=O)COC(=O)CNC(=O)c2ccc3c(c2)OCO3)cc1C. The number of nitrogens with one attached hydrogen (secondary N) is 2. The molecule has 2 amide bonds. The highest BCUT2D eigenvalue weighted by Gasteiger charge is 2.17. The molecule has 1 unspecified atom stereocenters. The first-order valence-electron chi connectivity index (χ1n) is 9.53. The minimum absolute atomic E-state index is 0.108. The monoisotopic (exact) mass is 412 g/mol. The van der Waals surface area contributed by atoms with Crippen molar-refractivity contribution in [2.45, 2.75) is 26.8 Å². The predicted molar refractivity (Wildman–Crippen MR) is 108 cm³/mol. The Hall–Kier alpha value is -3.55. The number of amides is 2. The second kappa shape index (κ2) is 9.30. The Morgan fingerprint density at radius 3 is 2.57 bits per heavy atom. The number of hydrogen-bond acceptors (Lipinski definition) is 6. The van der Waals surface area contributed by atoms with E-state index in [-0.39, 0.29) is 19.4 Å². The first kappa shape index (κ1) is 21.2. The van der Waals surface area contributed by atoms with Gasteiger partial charge in [0.05, 0.1) is 6.04 Å². The lowest BCUT2D eigenvalue weighted by Gasteiger charge is -2.16. The zero-order valence-electron chi connectivity index (χ0n) is 17.1. The van der Waals surface area contributed by atoms with Crippen LogP contribution in [-0.2, 0) is 14.3 Å². The van der Waals surface area contributed by atoms with Crippen molar-refractivity contribution in [1.29, 1.82) is 0 Å². The summed E-state index contributed by atoms with van der Waals surface area (Å²) in [5, 5.41) is 5.23. The molecule has 0 saturated carbocycles. The first-order chi connectivity index (χ1) is 14.3. The van der Waals surface area contributed by atoms with Gasteiger partial charge in [-0.05, 0) is 55.7 Å². The molecule has 0 aromatic heterocycles. The smallest absolute Gasteiger partial charge is 0.325 e. The number of fused-ring (bicyclic) bond motifs is 1. The Morgan fingerprint density at radius 1 is 1.03 bits per heavy atom. The fraction of sp³-hybridized carbons (Fsp3) is 0.318. The molecule has 0 bridgehead atoms. The van der Waals surface area contributed by atoms with Gasteiger partial charge in [0.1, 0.15) is 6.54 Å². The highest BCUT2D eigenvalue weighted by molar-refractivity contribution is 5.96. The van der Waals surface area contributed by atoms with Crippen LogP contribution in [0.15, 0.2) is 36.4 Å². The first-order valence-corrected chi connectivity index (χ1v) is 9.53. The molecule has 0 saturated heterocycles. The Morgan fingerprint density at radius 2 is 1.80 bits per heavy atom. The molecule has 3 rings (SSSR count). The number of aryl methyl sites for hydroxylation is 2. The highest BCUT2D eigenvalue weighted by atomic mass is 16.7. The van der Waals surface area contributed by atoms with Crippen LogP contribution in [0.4, 0.5) is 0 Å². The molecule has 30 heavy (non-hydrogen) atoms. The maximum Gasteiger partial charge on any atom is 0.325 e. The highest BCUT2D eigenvalue weighted by Crippen LogP contribution is 2.32. The number of benzene rings is 2. The molecule has 0 spiro atoms. The third-order valence-corrected chi connectivity index (χ3v) is 4.80. The van der Waals surface area contributed by atoms with E-state index in [1.807, 2.05) is 39.0 Å². The fourth-order valence-electron chi connectivity index (χ4n) is 2.89. The second-order valence-corrected chi connectivity index (χ2v) is 7.04. The Balaban J connectivity index is 1.41. The van der Waals surface area contributed by atoms with E-state index in [1.165, 1.54) is 11.6 Å². The number of hydrogen-bond donors (Lipinski definition) is 2. The molecule has 0 aliphatic carbocycles. The number of rotatable bonds is 7. The van der Waals surface area contributed by atoms with Crippen molar-refractivity contribution in [3.8, 4) is 11.5 Å². The lowest BCUT2D eigenvalue weighted by Crippen LogP contribution is -2.34. The zero-order valence-corrected chi connectivity index (χ0v) is 17.1. The molecule has 1 aliphatic heterocycles. The molecule has 0 fully saturated rings. The number of ether oxygens (including phenoxy) is 3. The van der Waals surface area contributed by atoms with Crippen LogP contribution in [0.1, 0.15) is 40.0 Å². The van der Waals surface area contributed by atoms with Gasteiger partial charge < -0.3 is 24.8 Å². The van der Waals surface area contributed by atoms with Gasteiger partial charge in [-0.1, -0.05) is 18.2 Å². The molecule has 0 radical (unpaired) electrons. The van der Waals surface area contributed by atoms with E-state index in [0.717, 1.165) is 11.1 Å². The van der Waals surface area contributed by atoms with Gasteiger partial charge in [0.15, 0.2) is 18.1 Å². The molecule has 1 aliphatic rings. The van der Waals surface area contributed by atoms with Crippen LogP contribution in [0, 0.1) is 13.8 Å². The molecule has 2 N–H and O–H groups in total. The molecule has 158 valence electrons. The minimum Gasteiger partial charge on any atom is -0.454 e. The van der Waals surface area contributed by atoms with Crippen molar-refractivity contribution < 1.29 is 28.6 Å². The number of carbonyl (C=O) groups excluding carboxylic acids is 3. The van der Waals surface area contributed by atoms with Crippen molar-refractivity contribution in [2.75, 3.05) is 19.9 Å². The minimum atomic E-state index is -0.710. The Kier molecular flexibility index (Phi) is 6.56. The summed E-state index contributed by atoms with van der Waals surface area (Å²) in [6, 6.07) is 10.5. The van der Waals surface area contributed by atoms with Crippen LogP contribution in [0.2, 0.25) is 0 Å². The van der Waals surface area contributed by atoms with Gasteiger partial charge in [-0.2, -0.15) is 0 Å². The summed E-state index contributed by atoms with van der Waals surface area (Å²) in [5.41, 5.74) is 3.60. The summed E-state index contributed by atoms with van der Waals surface area (Å²) >= 11 is 0. The summed E-state index contributed by atoms with van der Waals surface area (Å²) in [6.45, 7) is 5.22. The van der Waals surface area contributed by atoms with Crippen LogP contribution in [-0.4, -0.2) is 37.7 Å². The number of esters is 1. The van der Waals surface area contributed by atoms with E-state index in [4.69, 9.17) is 14.2 Å². The van der Waals surface area contributed by atoms with E-state index in [0.29, 0.717) is 17.1 Å². The lowest BCUT2D eigenvalue weighted by atomic mass is 10.0. The largest absolute Gasteiger partial charge is 0.454 e. The summed E-state index contributed by atoms with van der Waals surface area (Å²) in [6.07, 6.45) is 0. The van der Waals surface area contributed by atoms with Crippen LogP contribution < -0.4 is 20.1 Å². The standard InChI is InChI=1S/C22H24N2O6/c1-13-4-5-16(8-14(13)2)15(3)24-20(25)11-28-21(26)10-23-22(27)17-6-7-18-19(9-17)30-12-29-18/h4-9,15H,10-12H2,1-3H3,(H,23,27)(H,24,25). The molecular weight excluding hydrogens is 388 g/mol. The van der Waals surface area contributed by atoms with E-state index >= 15 is 0 Å². The van der Waals surface area contributed by atoms with Gasteiger partial charge in [0, 0.05) is 5.56 Å². The maximum absolute atomic E-state index is 12.1. The molecule has 1 heterocycles. The summed E-state index contributed by atoms with van der Waals surface area (Å²) in [4.78, 5) is 36.0. The molecule has 1 atom stereocenters. The molecule has 2 aromatic carbocycles. The summed E-state index contributed by atoms with van der Waals surface area (Å²) in [7, 11) is 0. The van der Waals surface area contributed by atoms with E-state index in [1.54, 1.807) is 12.1 Å². The summed E-state index contributed by atoms with van der Waals surface area (Å²) in [5.74, 6) is -0.556. The third kappa shape index (κ3) is 5.28. The van der Waals surface area contributed by atoms with Crippen molar-refractivity contribution in [3.63, 3.8) is 0 Å². The van der Waals surface area contributed by atoms with Gasteiger partial charge in [0.2, 0.25) is 6.79 Å². The maximum atomic E-state index is 12.1. The van der Waals surface area contributed by atoms with E-state index in [9.17, 15) is 14.4 Å².